The van der Waals surface area contributed by atoms with Crippen molar-refractivity contribution >= 4 is 22.8 Å². The van der Waals surface area contributed by atoms with E-state index in [2.05, 4.69) is 39.3 Å². The second-order valence-electron chi connectivity index (χ2n) is 6.34. The molecular formula is C20H23N5O. The topological polar surface area (TPSA) is 71.0 Å². The van der Waals surface area contributed by atoms with E-state index in [1.165, 1.54) is 5.56 Å². The fraction of sp³-hybridized carbons (Fsp3) is 0.300. The van der Waals surface area contributed by atoms with Crippen molar-refractivity contribution in [2.75, 3.05) is 19.4 Å². The Bertz CT molecular complexity index is 937. The Morgan fingerprint density at radius 1 is 1.15 bits per heavy atom. The van der Waals surface area contributed by atoms with E-state index < -0.39 is 0 Å². The summed E-state index contributed by atoms with van der Waals surface area (Å²) in [5.41, 5.74) is 4.43. The van der Waals surface area contributed by atoms with E-state index in [-0.39, 0.29) is 5.91 Å². The molecule has 0 aliphatic heterocycles. The third-order valence-corrected chi connectivity index (χ3v) is 4.34. The van der Waals surface area contributed by atoms with Gasteiger partial charge >= 0.3 is 0 Å². The molecule has 2 heterocycles. The fourth-order valence-electron chi connectivity index (χ4n) is 2.92. The number of carbonyl (C=O) groups excluding carboxylic acids is 1. The molecule has 26 heavy (non-hydrogen) atoms. The van der Waals surface area contributed by atoms with Crippen LogP contribution in [0.1, 0.15) is 34.1 Å². The van der Waals surface area contributed by atoms with Crippen molar-refractivity contribution in [3.05, 3.63) is 59.0 Å². The van der Waals surface area contributed by atoms with E-state index in [0.717, 1.165) is 28.6 Å². The molecule has 6 nitrogen and oxygen atoms in total. The Morgan fingerprint density at radius 2 is 1.88 bits per heavy atom. The number of amides is 1. The van der Waals surface area contributed by atoms with Crippen LogP contribution in [0.5, 0.6) is 0 Å². The second-order valence-corrected chi connectivity index (χ2v) is 6.34. The number of anilines is 1. The van der Waals surface area contributed by atoms with Crippen LogP contribution in [-0.4, -0.2) is 39.9 Å². The third kappa shape index (κ3) is 3.64. The van der Waals surface area contributed by atoms with Crippen molar-refractivity contribution in [1.29, 1.82) is 0 Å². The van der Waals surface area contributed by atoms with E-state index in [9.17, 15) is 4.79 Å². The minimum absolute atomic E-state index is 0.0357. The fourth-order valence-corrected chi connectivity index (χ4v) is 2.92. The van der Waals surface area contributed by atoms with Crippen LogP contribution < -0.4 is 5.32 Å². The molecule has 1 amide bonds. The van der Waals surface area contributed by atoms with Crippen LogP contribution in [0.4, 0.5) is 5.95 Å². The van der Waals surface area contributed by atoms with Gasteiger partial charge in [-0.2, -0.15) is 0 Å². The minimum Gasteiger partial charge on any atom is -0.357 e. The highest BCUT2D eigenvalue weighted by Gasteiger charge is 2.17. The van der Waals surface area contributed by atoms with Crippen molar-refractivity contribution in [1.82, 2.24) is 19.9 Å². The molecule has 3 aromatic rings. The molecule has 0 atom stereocenters. The van der Waals surface area contributed by atoms with Gasteiger partial charge in [0.05, 0.1) is 11.1 Å². The lowest BCUT2D eigenvalue weighted by molar-refractivity contribution is 0.0786. The molecule has 3 rings (SSSR count). The highest BCUT2D eigenvalue weighted by Crippen LogP contribution is 2.22. The van der Waals surface area contributed by atoms with Gasteiger partial charge in [-0.3, -0.25) is 9.78 Å². The average Bonchev–Trinajstić information content (AvgIpc) is 2.66. The van der Waals surface area contributed by atoms with Crippen molar-refractivity contribution in [3.63, 3.8) is 0 Å². The van der Waals surface area contributed by atoms with E-state index >= 15 is 0 Å². The summed E-state index contributed by atoms with van der Waals surface area (Å²) in [5, 5.41) is 3.78. The van der Waals surface area contributed by atoms with Gasteiger partial charge in [0.15, 0.2) is 0 Å². The summed E-state index contributed by atoms with van der Waals surface area (Å²) in [7, 11) is 3.56. The summed E-state index contributed by atoms with van der Waals surface area (Å²) in [4.78, 5) is 27.7. The lowest BCUT2D eigenvalue weighted by Gasteiger charge is -2.19. The normalized spacial score (nSPS) is 10.8. The number of fused-ring (bicyclic) bond motifs is 1. The van der Waals surface area contributed by atoms with Crippen LogP contribution in [0.3, 0.4) is 0 Å². The first kappa shape index (κ1) is 17.8. The first-order chi connectivity index (χ1) is 12.5. The number of pyridine rings is 1. The average molecular weight is 349 g/mol. The Balaban J connectivity index is 1.92. The molecule has 2 aromatic heterocycles. The van der Waals surface area contributed by atoms with Gasteiger partial charge in [-0.25, -0.2) is 9.97 Å². The predicted molar refractivity (Wildman–Crippen MR) is 103 cm³/mol. The number of aryl methyl sites for hydroxylation is 2. The van der Waals surface area contributed by atoms with Gasteiger partial charge < -0.3 is 10.2 Å². The highest BCUT2D eigenvalue weighted by molar-refractivity contribution is 6.06. The molecule has 6 heteroatoms. The minimum atomic E-state index is -0.0357. The number of aromatic nitrogens is 3. The quantitative estimate of drug-likeness (QED) is 0.766. The zero-order chi connectivity index (χ0) is 18.7. The molecule has 0 fully saturated rings. The highest BCUT2D eigenvalue weighted by atomic mass is 16.2. The maximum Gasteiger partial charge on any atom is 0.254 e. The predicted octanol–water partition coefficient (Wildman–Crippen LogP) is 3.21. The molecule has 1 N–H and O–H groups in total. The van der Waals surface area contributed by atoms with Crippen molar-refractivity contribution < 1.29 is 4.79 Å². The van der Waals surface area contributed by atoms with Crippen molar-refractivity contribution in [2.24, 2.45) is 0 Å². The molecule has 0 aliphatic rings. The van der Waals surface area contributed by atoms with Crippen LogP contribution in [0.25, 0.3) is 10.9 Å². The Kier molecular flexibility index (Phi) is 5.11. The van der Waals surface area contributed by atoms with E-state index in [4.69, 9.17) is 0 Å². The first-order valence-corrected chi connectivity index (χ1v) is 8.66. The SMILES string of the molecule is CCc1ccc2nc(C)cc(C(=O)N(C)Cc3cnc(NC)nc3)c2c1. The largest absolute Gasteiger partial charge is 0.357 e. The number of nitrogens with zero attached hydrogens (tertiary/aromatic N) is 4. The zero-order valence-corrected chi connectivity index (χ0v) is 15.6. The summed E-state index contributed by atoms with van der Waals surface area (Å²) in [6.07, 6.45) is 4.38. The molecule has 134 valence electrons. The number of hydrogen-bond donors (Lipinski definition) is 1. The number of carbonyl (C=O) groups is 1. The Hall–Kier alpha value is -3.02. The Labute approximate surface area is 153 Å². The van der Waals surface area contributed by atoms with Gasteiger partial charge in [0.25, 0.3) is 5.91 Å². The third-order valence-electron chi connectivity index (χ3n) is 4.34. The molecule has 0 bridgehead atoms. The van der Waals surface area contributed by atoms with Crippen molar-refractivity contribution in [2.45, 2.75) is 26.8 Å². The zero-order valence-electron chi connectivity index (χ0n) is 15.6. The monoisotopic (exact) mass is 349 g/mol. The molecule has 0 unspecified atom stereocenters. The van der Waals surface area contributed by atoms with E-state index in [0.29, 0.717) is 18.1 Å². The number of rotatable bonds is 5. The van der Waals surface area contributed by atoms with Gasteiger partial charge in [-0.15, -0.1) is 0 Å². The number of benzene rings is 1. The molecule has 0 saturated carbocycles. The van der Waals surface area contributed by atoms with Crippen LogP contribution in [-0.2, 0) is 13.0 Å². The van der Waals surface area contributed by atoms with Crippen LogP contribution in [0.15, 0.2) is 36.7 Å². The van der Waals surface area contributed by atoms with Gasteiger partial charge in [0.2, 0.25) is 5.95 Å². The van der Waals surface area contributed by atoms with Crippen LogP contribution in [0, 0.1) is 6.92 Å². The number of nitrogens with one attached hydrogen (secondary N) is 1. The summed E-state index contributed by atoms with van der Waals surface area (Å²) in [5.74, 6) is 0.525. The van der Waals surface area contributed by atoms with Crippen molar-refractivity contribution in [3.8, 4) is 0 Å². The molecule has 0 saturated heterocycles. The lowest BCUT2D eigenvalue weighted by Crippen LogP contribution is -2.26. The van der Waals surface area contributed by atoms with Crippen LogP contribution in [0.2, 0.25) is 0 Å². The summed E-state index contributed by atoms with van der Waals surface area (Å²) in [6.45, 7) is 4.46. The van der Waals surface area contributed by atoms with Gasteiger partial charge in [0, 0.05) is 49.7 Å². The lowest BCUT2D eigenvalue weighted by atomic mass is 10.0. The standard InChI is InChI=1S/C20H23N5O/c1-5-14-6-7-18-16(9-14)17(8-13(2)24-18)19(26)25(4)12-15-10-22-20(21-3)23-11-15/h6-11H,5,12H2,1-4H3,(H,21,22,23). The Morgan fingerprint density at radius 3 is 2.54 bits per heavy atom. The maximum atomic E-state index is 13.1. The van der Waals surface area contributed by atoms with E-state index in [1.807, 2.05) is 19.1 Å². The van der Waals surface area contributed by atoms with Crippen LogP contribution >= 0.6 is 0 Å². The van der Waals surface area contributed by atoms with Gasteiger partial charge in [0.1, 0.15) is 0 Å². The second kappa shape index (κ2) is 7.47. The van der Waals surface area contributed by atoms with E-state index in [1.54, 1.807) is 31.4 Å². The summed E-state index contributed by atoms with van der Waals surface area (Å²) >= 11 is 0. The van der Waals surface area contributed by atoms with Gasteiger partial charge in [-0.05, 0) is 37.1 Å². The number of hydrogen-bond acceptors (Lipinski definition) is 5. The summed E-state index contributed by atoms with van der Waals surface area (Å²) < 4.78 is 0. The molecule has 0 spiro atoms. The smallest absolute Gasteiger partial charge is 0.254 e. The first-order valence-electron chi connectivity index (χ1n) is 8.66. The maximum absolute atomic E-state index is 13.1. The molecule has 1 aromatic carbocycles. The molecule has 0 aliphatic carbocycles. The molecule has 0 radical (unpaired) electrons. The van der Waals surface area contributed by atoms with Gasteiger partial charge in [-0.1, -0.05) is 13.0 Å². The summed E-state index contributed by atoms with van der Waals surface area (Å²) in [6, 6.07) is 7.98. The molecular weight excluding hydrogens is 326 g/mol.